The quantitative estimate of drug-likeness (QED) is 0.113. The SMILES string of the molecule is CCCC(C)c1cc2c(-c3ccc(C(C)C)cc3)cccc2[cH-]1.C[Si](C)=[Zr+2].Cc1cc2c(-c3ccc(C4CCCCC4)cc3)cccc2[cH-]1. The Balaban J connectivity index is 0.000000173. The fourth-order valence-corrected chi connectivity index (χ4v) is 7.45. The zero-order valence-corrected chi connectivity index (χ0v) is 34.5. The maximum Gasteiger partial charge on any atom is -0.0162 e. The van der Waals surface area contributed by atoms with E-state index in [2.05, 4.69) is 157 Å². The van der Waals surface area contributed by atoms with E-state index in [0.29, 0.717) is 11.8 Å². The van der Waals surface area contributed by atoms with Crippen LogP contribution in [0, 0.1) is 6.92 Å². The summed E-state index contributed by atoms with van der Waals surface area (Å²) in [5.41, 5.74) is 11.4. The van der Waals surface area contributed by atoms with E-state index in [1.165, 1.54) is 111 Å². The third-order valence-electron chi connectivity index (χ3n) is 10.1. The van der Waals surface area contributed by atoms with Gasteiger partial charge in [0.15, 0.2) is 0 Å². The number of hydrogen-bond acceptors (Lipinski definition) is 0. The molecule has 6 aromatic rings. The minimum absolute atomic E-state index is 0.210. The fraction of sp³-hybridized carbons (Fsp3) is 0.362. The van der Waals surface area contributed by atoms with Crippen LogP contribution in [0.2, 0.25) is 13.1 Å². The first-order valence-corrected chi connectivity index (χ1v) is 24.9. The van der Waals surface area contributed by atoms with Gasteiger partial charge in [-0.3, -0.25) is 0 Å². The molecule has 1 unspecified atom stereocenters. The smallest absolute Gasteiger partial charge is 0.0162 e. The molecule has 0 aliphatic heterocycles. The van der Waals surface area contributed by atoms with Crippen molar-refractivity contribution >= 4 is 27.0 Å². The maximum atomic E-state index is 2.40. The first-order chi connectivity index (χ1) is 23.6. The summed E-state index contributed by atoms with van der Waals surface area (Å²) in [5.74, 6) is 2.02. The molecule has 1 saturated carbocycles. The zero-order valence-electron chi connectivity index (χ0n) is 31.1. The summed E-state index contributed by atoms with van der Waals surface area (Å²) in [6.07, 6.45) is 9.47. The average molecular weight is 740 g/mol. The van der Waals surface area contributed by atoms with Crippen molar-refractivity contribution in [3.05, 3.63) is 131 Å². The maximum absolute atomic E-state index is 2.40. The van der Waals surface area contributed by atoms with Gasteiger partial charge in [-0.15, -0.1) is 69.1 Å². The predicted octanol–water partition coefficient (Wildman–Crippen LogP) is 14.6. The Bertz CT molecular complexity index is 1920. The van der Waals surface area contributed by atoms with Gasteiger partial charge in [-0.1, -0.05) is 132 Å². The Morgan fingerprint density at radius 1 is 0.714 bits per heavy atom. The van der Waals surface area contributed by atoms with Gasteiger partial charge in [0.2, 0.25) is 0 Å². The molecule has 1 atom stereocenters. The molecule has 0 heterocycles. The second-order valence-electron chi connectivity index (χ2n) is 14.9. The van der Waals surface area contributed by atoms with E-state index in [1.807, 2.05) is 0 Å². The van der Waals surface area contributed by atoms with E-state index in [0.717, 1.165) is 5.92 Å². The van der Waals surface area contributed by atoms with Gasteiger partial charge in [-0.2, -0.15) is 12.1 Å². The van der Waals surface area contributed by atoms with E-state index in [9.17, 15) is 0 Å². The molecule has 252 valence electrons. The van der Waals surface area contributed by atoms with E-state index >= 15 is 0 Å². The van der Waals surface area contributed by atoms with E-state index < -0.39 is 0 Å². The van der Waals surface area contributed by atoms with Crippen molar-refractivity contribution in [1.29, 1.82) is 0 Å². The zero-order chi connectivity index (χ0) is 34.9. The van der Waals surface area contributed by atoms with Gasteiger partial charge in [0, 0.05) is 0 Å². The number of hydrogen-bond donors (Lipinski definition) is 0. The molecular formula is C47H56SiZr. The molecule has 1 aliphatic carbocycles. The van der Waals surface area contributed by atoms with Crippen molar-refractivity contribution in [2.75, 3.05) is 0 Å². The molecule has 0 saturated heterocycles. The Labute approximate surface area is 312 Å². The summed E-state index contributed by atoms with van der Waals surface area (Å²) in [6.45, 7) is 15.9. The minimum atomic E-state index is 0.210. The molecule has 2 heteroatoms. The van der Waals surface area contributed by atoms with Gasteiger partial charge in [-0.25, -0.2) is 0 Å². The summed E-state index contributed by atoms with van der Waals surface area (Å²) in [6, 6.07) is 41.1. The van der Waals surface area contributed by atoms with Crippen LogP contribution in [0.25, 0.3) is 43.8 Å². The van der Waals surface area contributed by atoms with Crippen molar-refractivity contribution in [2.24, 2.45) is 0 Å². The largest absolute Gasteiger partial charge is 0.165 e. The third kappa shape index (κ3) is 9.92. The van der Waals surface area contributed by atoms with Crippen LogP contribution in [-0.2, 0) is 23.3 Å². The monoisotopic (exact) mass is 738 g/mol. The first kappa shape index (κ1) is 37.5. The molecule has 0 bridgehead atoms. The van der Waals surface area contributed by atoms with Crippen molar-refractivity contribution in [2.45, 2.75) is 110 Å². The topological polar surface area (TPSA) is 0 Å². The summed E-state index contributed by atoms with van der Waals surface area (Å²) in [4.78, 5) is 0. The van der Waals surface area contributed by atoms with Gasteiger partial charge in [-0.05, 0) is 59.3 Å². The van der Waals surface area contributed by atoms with Crippen molar-refractivity contribution < 1.29 is 23.3 Å². The summed E-state index contributed by atoms with van der Waals surface area (Å²) in [5, 5.41) is 5.49. The fourth-order valence-electron chi connectivity index (χ4n) is 7.45. The average Bonchev–Trinajstić information content (AvgIpc) is 3.72. The van der Waals surface area contributed by atoms with Crippen molar-refractivity contribution in [3.63, 3.8) is 0 Å². The summed E-state index contributed by atoms with van der Waals surface area (Å²) in [7, 11) is 0. The Hall–Kier alpha value is -2.80. The molecule has 6 aromatic carbocycles. The van der Waals surface area contributed by atoms with Gasteiger partial charge in [0.25, 0.3) is 0 Å². The first-order valence-electron chi connectivity index (χ1n) is 18.7. The molecular weight excluding hydrogens is 684 g/mol. The molecule has 0 aromatic heterocycles. The van der Waals surface area contributed by atoms with E-state index in [4.69, 9.17) is 0 Å². The van der Waals surface area contributed by atoms with Crippen LogP contribution in [0.3, 0.4) is 0 Å². The molecule has 0 nitrogen and oxygen atoms in total. The second-order valence-corrected chi connectivity index (χ2v) is 24.2. The minimum Gasteiger partial charge on any atom is -0.165 e. The van der Waals surface area contributed by atoms with Crippen LogP contribution in [0.5, 0.6) is 0 Å². The number of benzene rings is 4. The molecule has 0 spiro atoms. The van der Waals surface area contributed by atoms with Crippen molar-refractivity contribution in [3.8, 4) is 22.3 Å². The molecule has 1 aliphatic rings. The van der Waals surface area contributed by atoms with Crippen LogP contribution in [0.1, 0.15) is 113 Å². The van der Waals surface area contributed by atoms with E-state index in [1.54, 1.807) is 23.3 Å². The number of aryl methyl sites for hydroxylation is 1. The Morgan fingerprint density at radius 2 is 1.24 bits per heavy atom. The van der Waals surface area contributed by atoms with Gasteiger partial charge >= 0.3 is 41.9 Å². The van der Waals surface area contributed by atoms with Gasteiger partial charge in [0.05, 0.1) is 0 Å². The molecule has 7 rings (SSSR count). The molecule has 0 N–H and O–H groups in total. The van der Waals surface area contributed by atoms with E-state index in [-0.39, 0.29) is 5.43 Å². The van der Waals surface area contributed by atoms with Crippen LogP contribution >= 0.6 is 0 Å². The number of rotatable bonds is 7. The molecule has 1 fully saturated rings. The standard InChI is InChI=1S/C23H27.C22H23.C2H6Si.Zr/c1-5-7-17(4)21-14-20-8-6-9-22(23(20)15-21)19-12-10-18(11-13-19)16(2)3;1-16-14-20-8-5-9-21(22(20)15-16)19-12-10-18(11-13-19)17-6-3-2-4-7-17;1-3-2;/h6,8-17H,5,7H2,1-4H3;5,8-15,17H,2-4,6-7H2,1H3;1-2H3;/q2*-1;;+2. The Morgan fingerprint density at radius 3 is 1.80 bits per heavy atom. The summed E-state index contributed by atoms with van der Waals surface area (Å²) >= 11 is 1.74. The Kier molecular flexibility index (Phi) is 13.7. The summed E-state index contributed by atoms with van der Waals surface area (Å²) < 4.78 is 0. The van der Waals surface area contributed by atoms with Crippen molar-refractivity contribution in [1.82, 2.24) is 0 Å². The second kappa shape index (κ2) is 17.9. The molecule has 49 heavy (non-hydrogen) atoms. The normalized spacial score (nSPS) is 13.9. The van der Waals surface area contributed by atoms with Crippen LogP contribution in [-0.4, -0.2) is 5.43 Å². The molecule has 0 amide bonds. The molecule has 0 radical (unpaired) electrons. The van der Waals surface area contributed by atoms with Crippen LogP contribution in [0.4, 0.5) is 0 Å². The third-order valence-corrected chi connectivity index (χ3v) is 10.1. The van der Waals surface area contributed by atoms with Crippen LogP contribution in [0.15, 0.2) is 109 Å². The van der Waals surface area contributed by atoms with Gasteiger partial charge < -0.3 is 0 Å². The predicted molar refractivity (Wildman–Crippen MR) is 215 cm³/mol. The van der Waals surface area contributed by atoms with Crippen LogP contribution < -0.4 is 0 Å². The van der Waals surface area contributed by atoms with Gasteiger partial charge in [0.1, 0.15) is 0 Å². The number of fused-ring (bicyclic) bond motifs is 2.